The molecule has 4 fully saturated rings. The Kier molecular flexibility index (Phi) is 6.05. The third-order valence-corrected chi connectivity index (χ3v) is 7.54. The monoisotopic (exact) mass is 375 g/mol. The molecular formula is C22H37N3O2. The molecule has 0 radical (unpaired) electrons. The number of likely N-dealkylation sites (tertiary alicyclic amines) is 3. The number of piperidine rings is 1. The molecule has 5 heteroatoms. The van der Waals surface area contributed by atoms with Gasteiger partial charge in [-0.2, -0.15) is 0 Å². The van der Waals surface area contributed by atoms with Crippen LogP contribution >= 0.6 is 0 Å². The third-order valence-electron chi connectivity index (χ3n) is 7.54. The van der Waals surface area contributed by atoms with Crippen LogP contribution in [0.4, 0.5) is 0 Å². The SMILES string of the molecule is O=C1CCCN1CCC(=O)N1CCC2(CCCN(CC3CCCCC3)C2)C1. The summed E-state index contributed by atoms with van der Waals surface area (Å²) in [5, 5.41) is 0. The molecule has 3 saturated heterocycles. The van der Waals surface area contributed by atoms with Gasteiger partial charge in [-0.1, -0.05) is 19.3 Å². The second-order valence-electron chi connectivity index (χ2n) is 9.64. The van der Waals surface area contributed by atoms with Gasteiger partial charge in [0.05, 0.1) is 0 Å². The van der Waals surface area contributed by atoms with Crippen LogP contribution in [-0.2, 0) is 9.59 Å². The van der Waals surface area contributed by atoms with Gasteiger partial charge in [0.2, 0.25) is 11.8 Å². The molecule has 0 bridgehead atoms. The Labute approximate surface area is 164 Å². The fourth-order valence-corrected chi connectivity index (χ4v) is 6.01. The Hall–Kier alpha value is -1.10. The maximum atomic E-state index is 12.7. The zero-order valence-corrected chi connectivity index (χ0v) is 17.0. The van der Waals surface area contributed by atoms with Crippen molar-refractivity contribution in [1.29, 1.82) is 0 Å². The quantitative estimate of drug-likeness (QED) is 0.742. The van der Waals surface area contributed by atoms with Crippen molar-refractivity contribution in [1.82, 2.24) is 14.7 Å². The first-order chi connectivity index (χ1) is 13.1. The van der Waals surface area contributed by atoms with E-state index in [0.29, 0.717) is 24.8 Å². The average Bonchev–Trinajstić information content (AvgIpc) is 3.27. The summed E-state index contributed by atoms with van der Waals surface area (Å²) in [6, 6.07) is 0. The second-order valence-corrected chi connectivity index (χ2v) is 9.64. The number of rotatable bonds is 5. The van der Waals surface area contributed by atoms with Crippen molar-refractivity contribution in [3.8, 4) is 0 Å². The summed E-state index contributed by atoms with van der Waals surface area (Å²) in [5.41, 5.74) is 0.339. The maximum absolute atomic E-state index is 12.7. The third kappa shape index (κ3) is 4.67. The number of hydrogen-bond acceptors (Lipinski definition) is 3. The number of carbonyl (C=O) groups is 2. The smallest absolute Gasteiger partial charge is 0.224 e. The van der Waals surface area contributed by atoms with E-state index in [2.05, 4.69) is 9.80 Å². The molecule has 0 aromatic heterocycles. The Morgan fingerprint density at radius 1 is 0.963 bits per heavy atom. The van der Waals surface area contributed by atoms with Gasteiger partial charge in [-0.25, -0.2) is 0 Å². The van der Waals surface area contributed by atoms with E-state index in [9.17, 15) is 9.59 Å². The standard InChI is InChI=1S/C22H37N3O2/c26-20-8-4-13-24(20)14-9-21(27)25-15-11-22(18-25)10-5-12-23(17-22)16-19-6-2-1-3-7-19/h19H,1-18H2. The number of hydrogen-bond donors (Lipinski definition) is 0. The van der Waals surface area contributed by atoms with Crippen molar-refractivity contribution < 1.29 is 9.59 Å². The minimum atomic E-state index is 0.228. The highest BCUT2D eigenvalue weighted by Gasteiger charge is 2.42. The van der Waals surface area contributed by atoms with E-state index in [1.807, 2.05) is 4.90 Å². The highest BCUT2D eigenvalue weighted by Crippen LogP contribution is 2.40. The Bertz CT molecular complexity index is 546. The van der Waals surface area contributed by atoms with Gasteiger partial charge in [-0.05, 0) is 51.0 Å². The fraction of sp³-hybridized carbons (Fsp3) is 0.909. The van der Waals surface area contributed by atoms with Gasteiger partial charge in [0.1, 0.15) is 0 Å². The molecule has 3 aliphatic heterocycles. The molecule has 152 valence electrons. The number of carbonyl (C=O) groups excluding carboxylic acids is 2. The molecular weight excluding hydrogens is 338 g/mol. The zero-order valence-electron chi connectivity index (χ0n) is 17.0. The van der Waals surface area contributed by atoms with Gasteiger partial charge < -0.3 is 14.7 Å². The van der Waals surface area contributed by atoms with Crippen molar-refractivity contribution in [2.45, 2.75) is 70.6 Å². The van der Waals surface area contributed by atoms with Crippen LogP contribution in [0.1, 0.15) is 70.6 Å². The normalized spacial score (nSPS) is 30.6. The van der Waals surface area contributed by atoms with Crippen LogP contribution in [0, 0.1) is 11.3 Å². The molecule has 27 heavy (non-hydrogen) atoms. The van der Waals surface area contributed by atoms with Crippen LogP contribution in [0.3, 0.4) is 0 Å². The first-order valence-corrected chi connectivity index (χ1v) is 11.4. The predicted molar refractivity (Wildman–Crippen MR) is 106 cm³/mol. The van der Waals surface area contributed by atoms with Crippen molar-refractivity contribution in [2.24, 2.45) is 11.3 Å². The average molecular weight is 376 g/mol. The minimum Gasteiger partial charge on any atom is -0.342 e. The van der Waals surface area contributed by atoms with E-state index in [1.54, 1.807) is 0 Å². The summed E-state index contributed by atoms with van der Waals surface area (Å²) in [6.45, 7) is 7.06. The van der Waals surface area contributed by atoms with E-state index in [1.165, 1.54) is 71.0 Å². The van der Waals surface area contributed by atoms with Crippen molar-refractivity contribution in [3.05, 3.63) is 0 Å². The van der Waals surface area contributed by atoms with E-state index in [0.717, 1.165) is 32.0 Å². The van der Waals surface area contributed by atoms with E-state index >= 15 is 0 Å². The van der Waals surface area contributed by atoms with Crippen molar-refractivity contribution >= 4 is 11.8 Å². The highest BCUT2D eigenvalue weighted by molar-refractivity contribution is 5.80. The fourth-order valence-electron chi connectivity index (χ4n) is 6.01. The molecule has 5 nitrogen and oxygen atoms in total. The minimum absolute atomic E-state index is 0.228. The molecule has 1 atom stereocenters. The van der Waals surface area contributed by atoms with Gasteiger partial charge in [0.25, 0.3) is 0 Å². The summed E-state index contributed by atoms with van der Waals surface area (Å²) >= 11 is 0. The molecule has 0 aromatic rings. The molecule has 1 spiro atoms. The van der Waals surface area contributed by atoms with Crippen molar-refractivity contribution in [3.63, 3.8) is 0 Å². The molecule has 3 heterocycles. The molecule has 0 aromatic carbocycles. The van der Waals surface area contributed by atoms with Crippen LogP contribution < -0.4 is 0 Å². The Morgan fingerprint density at radius 2 is 1.81 bits per heavy atom. The van der Waals surface area contributed by atoms with Gasteiger partial charge >= 0.3 is 0 Å². The summed E-state index contributed by atoms with van der Waals surface area (Å²) in [5.74, 6) is 1.40. The lowest BCUT2D eigenvalue weighted by Crippen LogP contribution is -2.47. The first-order valence-electron chi connectivity index (χ1n) is 11.4. The van der Waals surface area contributed by atoms with Crippen molar-refractivity contribution in [2.75, 3.05) is 45.8 Å². The Balaban J connectivity index is 1.25. The topological polar surface area (TPSA) is 43.9 Å². The van der Waals surface area contributed by atoms with Gasteiger partial charge in [0.15, 0.2) is 0 Å². The molecule has 1 aliphatic carbocycles. The lowest BCUT2D eigenvalue weighted by Gasteiger charge is -2.42. The largest absolute Gasteiger partial charge is 0.342 e. The number of amides is 2. The van der Waals surface area contributed by atoms with Gasteiger partial charge in [-0.3, -0.25) is 9.59 Å². The maximum Gasteiger partial charge on any atom is 0.224 e. The number of nitrogens with zero attached hydrogens (tertiary/aromatic N) is 3. The zero-order chi connectivity index (χ0) is 18.7. The van der Waals surface area contributed by atoms with E-state index in [4.69, 9.17) is 0 Å². The summed E-state index contributed by atoms with van der Waals surface area (Å²) in [4.78, 5) is 31.1. The summed E-state index contributed by atoms with van der Waals surface area (Å²) < 4.78 is 0. The predicted octanol–water partition coefficient (Wildman–Crippen LogP) is 2.89. The van der Waals surface area contributed by atoms with E-state index < -0.39 is 0 Å². The van der Waals surface area contributed by atoms with Crippen LogP contribution in [0.15, 0.2) is 0 Å². The molecule has 1 saturated carbocycles. The first kappa shape index (κ1) is 19.2. The lowest BCUT2D eigenvalue weighted by molar-refractivity contribution is -0.132. The summed E-state index contributed by atoms with van der Waals surface area (Å²) in [6.07, 6.45) is 13.0. The highest BCUT2D eigenvalue weighted by atomic mass is 16.2. The second kappa shape index (κ2) is 8.50. The van der Waals surface area contributed by atoms with Crippen LogP contribution in [-0.4, -0.2) is 72.3 Å². The van der Waals surface area contributed by atoms with Crippen LogP contribution in [0.2, 0.25) is 0 Å². The van der Waals surface area contributed by atoms with Crippen LogP contribution in [0.5, 0.6) is 0 Å². The lowest BCUT2D eigenvalue weighted by atomic mass is 9.78. The molecule has 0 N–H and O–H groups in total. The Morgan fingerprint density at radius 3 is 2.59 bits per heavy atom. The summed E-state index contributed by atoms with van der Waals surface area (Å²) in [7, 11) is 0. The van der Waals surface area contributed by atoms with Gasteiger partial charge in [-0.15, -0.1) is 0 Å². The van der Waals surface area contributed by atoms with Crippen LogP contribution in [0.25, 0.3) is 0 Å². The molecule has 1 unspecified atom stereocenters. The molecule has 2 amide bonds. The van der Waals surface area contributed by atoms with E-state index in [-0.39, 0.29) is 11.8 Å². The van der Waals surface area contributed by atoms with Gasteiger partial charge in [0, 0.05) is 57.5 Å². The molecule has 4 aliphatic rings. The molecule has 4 rings (SSSR count).